The molecule has 0 aliphatic carbocycles. The Hall–Kier alpha value is -2.09. The molecular weight excluding hydrogens is 424 g/mol. The van der Waals surface area contributed by atoms with Gasteiger partial charge in [-0.05, 0) is 56.0 Å². The van der Waals surface area contributed by atoms with Crippen molar-refractivity contribution in [3.63, 3.8) is 0 Å². The van der Waals surface area contributed by atoms with Crippen LogP contribution in [0.4, 0.5) is 0 Å². The van der Waals surface area contributed by atoms with Crippen LogP contribution in [0.15, 0.2) is 41.3 Å². The topological polar surface area (TPSA) is 75.7 Å². The summed E-state index contributed by atoms with van der Waals surface area (Å²) in [6.45, 7) is 4.42. The van der Waals surface area contributed by atoms with Crippen LogP contribution in [0.2, 0.25) is 5.02 Å². The molecule has 30 heavy (non-hydrogen) atoms. The van der Waals surface area contributed by atoms with E-state index in [4.69, 9.17) is 16.3 Å². The number of nitrogens with zero attached hydrogens (tertiary/aromatic N) is 1. The Morgan fingerprint density at radius 2 is 1.97 bits per heavy atom. The largest absolute Gasteiger partial charge is 0.496 e. The third-order valence-electron chi connectivity index (χ3n) is 5.47. The average Bonchev–Trinajstić information content (AvgIpc) is 2.74. The highest BCUT2D eigenvalue weighted by molar-refractivity contribution is 7.89. The molecule has 3 rings (SSSR count). The van der Waals surface area contributed by atoms with Gasteiger partial charge >= 0.3 is 0 Å². The van der Waals surface area contributed by atoms with Crippen molar-refractivity contribution in [1.82, 2.24) is 9.62 Å². The van der Waals surface area contributed by atoms with Gasteiger partial charge in [0.2, 0.25) is 15.9 Å². The van der Waals surface area contributed by atoms with E-state index in [1.807, 2.05) is 24.3 Å². The zero-order valence-corrected chi connectivity index (χ0v) is 19.0. The molecule has 1 saturated heterocycles. The Morgan fingerprint density at radius 1 is 1.23 bits per heavy atom. The summed E-state index contributed by atoms with van der Waals surface area (Å²) in [5.74, 6) is 0.168. The van der Waals surface area contributed by atoms with Crippen LogP contribution in [0, 0.1) is 19.8 Å². The van der Waals surface area contributed by atoms with Crippen LogP contribution in [-0.2, 0) is 21.4 Å². The van der Waals surface area contributed by atoms with E-state index in [-0.39, 0.29) is 17.3 Å². The minimum atomic E-state index is -3.70. The molecule has 2 aromatic rings. The first kappa shape index (κ1) is 22.6. The zero-order valence-electron chi connectivity index (χ0n) is 17.4. The maximum absolute atomic E-state index is 13.2. The van der Waals surface area contributed by atoms with E-state index < -0.39 is 15.9 Å². The number of methoxy groups -OCH3 is 1. The fourth-order valence-electron chi connectivity index (χ4n) is 3.72. The molecule has 0 bridgehead atoms. The number of rotatable bonds is 6. The Labute approximate surface area is 183 Å². The number of aryl methyl sites for hydroxylation is 2. The van der Waals surface area contributed by atoms with E-state index in [0.717, 1.165) is 5.56 Å². The second-order valence-corrected chi connectivity index (χ2v) is 9.91. The first-order valence-electron chi connectivity index (χ1n) is 9.90. The molecule has 6 nitrogen and oxygen atoms in total. The lowest BCUT2D eigenvalue weighted by molar-refractivity contribution is -0.126. The van der Waals surface area contributed by atoms with E-state index >= 15 is 0 Å². The second kappa shape index (κ2) is 9.37. The molecule has 1 amide bonds. The summed E-state index contributed by atoms with van der Waals surface area (Å²) in [7, 11) is -2.11. The maximum atomic E-state index is 13.2. The lowest BCUT2D eigenvalue weighted by Crippen LogP contribution is -2.45. The Kier molecular flexibility index (Phi) is 7.06. The number of sulfonamides is 1. The van der Waals surface area contributed by atoms with Gasteiger partial charge < -0.3 is 10.1 Å². The molecule has 1 unspecified atom stereocenters. The van der Waals surface area contributed by atoms with Gasteiger partial charge in [0.15, 0.2) is 0 Å². The van der Waals surface area contributed by atoms with Gasteiger partial charge in [-0.15, -0.1) is 0 Å². The summed E-state index contributed by atoms with van der Waals surface area (Å²) >= 11 is 6.12. The minimum absolute atomic E-state index is 0.148. The van der Waals surface area contributed by atoms with Crippen molar-refractivity contribution in [1.29, 1.82) is 0 Å². The first-order valence-corrected chi connectivity index (χ1v) is 11.7. The summed E-state index contributed by atoms with van der Waals surface area (Å²) in [6.07, 6.45) is 1.29. The fourth-order valence-corrected chi connectivity index (χ4v) is 5.76. The molecule has 0 radical (unpaired) electrons. The number of hydrogen-bond acceptors (Lipinski definition) is 4. The molecule has 162 valence electrons. The summed E-state index contributed by atoms with van der Waals surface area (Å²) in [6, 6.07) is 10.8. The van der Waals surface area contributed by atoms with Crippen molar-refractivity contribution < 1.29 is 17.9 Å². The number of halogens is 1. The van der Waals surface area contributed by atoms with Crippen LogP contribution >= 0.6 is 11.6 Å². The molecule has 0 saturated carbocycles. The molecule has 0 aromatic heterocycles. The molecule has 1 N–H and O–H groups in total. The Bertz CT molecular complexity index is 1040. The average molecular weight is 451 g/mol. The van der Waals surface area contributed by atoms with Gasteiger partial charge in [-0.2, -0.15) is 4.31 Å². The maximum Gasteiger partial charge on any atom is 0.243 e. The quantitative estimate of drug-likeness (QED) is 0.728. The smallest absolute Gasteiger partial charge is 0.243 e. The van der Waals surface area contributed by atoms with Crippen molar-refractivity contribution in [2.75, 3.05) is 20.2 Å². The lowest BCUT2D eigenvalue weighted by atomic mass is 9.98. The Morgan fingerprint density at radius 3 is 2.70 bits per heavy atom. The van der Waals surface area contributed by atoms with E-state index in [2.05, 4.69) is 5.32 Å². The summed E-state index contributed by atoms with van der Waals surface area (Å²) < 4.78 is 33.2. The van der Waals surface area contributed by atoms with Gasteiger partial charge in [0, 0.05) is 30.2 Å². The van der Waals surface area contributed by atoms with Crippen LogP contribution in [0.1, 0.15) is 29.5 Å². The fraction of sp³-hybridized carbons (Fsp3) is 0.409. The number of piperidine rings is 1. The molecule has 1 aliphatic heterocycles. The third kappa shape index (κ3) is 4.79. The van der Waals surface area contributed by atoms with Crippen molar-refractivity contribution in [2.24, 2.45) is 5.92 Å². The van der Waals surface area contributed by atoms with Crippen LogP contribution in [0.3, 0.4) is 0 Å². The molecule has 0 spiro atoms. The van der Waals surface area contributed by atoms with Gasteiger partial charge in [-0.3, -0.25) is 4.79 Å². The predicted molar refractivity (Wildman–Crippen MR) is 117 cm³/mol. The van der Waals surface area contributed by atoms with E-state index in [1.165, 1.54) is 4.31 Å². The number of para-hydroxylation sites is 1. The molecule has 1 aliphatic rings. The number of nitrogens with one attached hydrogen (secondary N) is 1. The summed E-state index contributed by atoms with van der Waals surface area (Å²) in [5, 5.41) is 3.47. The van der Waals surface area contributed by atoms with Crippen LogP contribution < -0.4 is 10.1 Å². The van der Waals surface area contributed by atoms with Crippen LogP contribution in [-0.4, -0.2) is 38.8 Å². The highest BCUT2D eigenvalue weighted by atomic mass is 35.5. The number of benzene rings is 2. The number of ether oxygens (including phenoxy) is 1. The van der Waals surface area contributed by atoms with Crippen molar-refractivity contribution in [2.45, 2.75) is 38.1 Å². The van der Waals surface area contributed by atoms with E-state index in [9.17, 15) is 13.2 Å². The van der Waals surface area contributed by atoms with E-state index in [1.54, 1.807) is 33.1 Å². The molecule has 1 atom stereocenters. The minimum Gasteiger partial charge on any atom is -0.496 e. The number of carbonyl (C=O) groups is 1. The monoisotopic (exact) mass is 450 g/mol. The van der Waals surface area contributed by atoms with Gasteiger partial charge in [-0.1, -0.05) is 29.8 Å². The lowest BCUT2D eigenvalue weighted by Gasteiger charge is -2.31. The molecule has 1 fully saturated rings. The number of amides is 1. The molecule has 1 heterocycles. The van der Waals surface area contributed by atoms with Crippen molar-refractivity contribution in [3.05, 3.63) is 58.1 Å². The highest BCUT2D eigenvalue weighted by Gasteiger charge is 2.34. The first-order chi connectivity index (χ1) is 14.2. The third-order valence-corrected chi connectivity index (χ3v) is 7.89. The zero-order chi connectivity index (χ0) is 21.9. The molecule has 2 aromatic carbocycles. The SMILES string of the molecule is COc1ccccc1CNC(=O)C1CCCN(S(=O)(=O)c2cc(C)c(Cl)cc2C)C1. The predicted octanol–water partition coefficient (Wildman–Crippen LogP) is 3.68. The molecule has 8 heteroatoms. The molecular formula is C22H27ClN2O4S. The summed E-state index contributed by atoms with van der Waals surface area (Å²) in [5.41, 5.74) is 2.19. The van der Waals surface area contributed by atoms with Crippen molar-refractivity contribution in [3.8, 4) is 5.75 Å². The Balaban J connectivity index is 1.71. The van der Waals surface area contributed by atoms with Gasteiger partial charge in [-0.25, -0.2) is 8.42 Å². The van der Waals surface area contributed by atoms with Crippen LogP contribution in [0.25, 0.3) is 0 Å². The highest BCUT2D eigenvalue weighted by Crippen LogP contribution is 2.29. The standard InChI is InChI=1S/C22H27ClN2O4S/c1-15-12-21(16(2)11-19(15)23)30(27,28)25-10-6-8-18(14-25)22(26)24-13-17-7-4-5-9-20(17)29-3/h4-5,7,9,11-12,18H,6,8,10,13-14H2,1-3H3,(H,24,26). The normalized spacial score (nSPS) is 17.5. The number of carbonyl (C=O) groups excluding carboxylic acids is 1. The van der Waals surface area contributed by atoms with E-state index in [0.29, 0.717) is 47.8 Å². The van der Waals surface area contributed by atoms with Gasteiger partial charge in [0.25, 0.3) is 0 Å². The van der Waals surface area contributed by atoms with Crippen LogP contribution in [0.5, 0.6) is 5.75 Å². The van der Waals surface area contributed by atoms with Gasteiger partial charge in [0.05, 0.1) is 17.9 Å². The number of hydrogen-bond donors (Lipinski definition) is 1. The second-order valence-electron chi connectivity index (χ2n) is 7.60. The van der Waals surface area contributed by atoms with Gasteiger partial charge in [0.1, 0.15) is 5.75 Å². The van der Waals surface area contributed by atoms with Crippen molar-refractivity contribution >= 4 is 27.5 Å². The summed E-state index contributed by atoms with van der Waals surface area (Å²) in [4.78, 5) is 13.0.